The normalized spacial score (nSPS) is 11.4. The van der Waals surface area contributed by atoms with E-state index in [2.05, 4.69) is 4.74 Å². The number of carbonyl (C=O) groups excluding carboxylic acids is 2. The number of phenolic OH excluding ortho intramolecular Hbond substituents is 1. The molecule has 0 saturated heterocycles. The highest BCUT2D eigenvalue weighted by atomic mass is 19.4. The number of benzene rings is 2. The summed E-state index contributed by atoms with van der Waals surface area (Å²) in [5.74, 6) is -1.87. The van der Waals surface area contributed by atoms with E-state index < -0.39 is 29.1 Å². The number of hydrogen-bond acceptors (Lipinski definition) is 5. The van der Waals surface area contributed by atoms with Crippen molar-refractivity contribution in [2.45, 2.75) is 6.18 Å². The molecule has 2 aromatic rings. The number of ether oxygens (including phenoxy) is 2. The Morgan fingerprint density at radius 3 is 2.37 bits per heavy atom. The smallest absolute Gasteiger partial charge is 0.417 e. The van der Waals surface area contributed by atoms with E-state index in [0.29, 0.717) is 0 Å². The molecule has 0 bridgehead atoms. The lowest BCUT2D eigenvalue weighted by molar-refractivity contribution is -0.138. The fraction of sp³-hybridized carbons (Fsp3) is 0.158. The lowest BCUT2D eigenvalue weighted by Gasteiger charge is -2.12. The van der Waals surface area contributed by atoms with E-state index in [1.807, 2.05) is 0 Å². The molecule has 2 aromatic carbocycles. The molecule has 0 aromatic heterocycles. The van der Waals surface area contributed by atoms with Crippen LogP contribution in [0.5, 0.6) is 11.5 Å². The number of aromatic hydroxyl groups is 1. The molecule has 0 atom stereocenters. The second kappa shape index (κ2) is 7.94. The molecule has 5 nitrogen and oxygen atoms in total. The van der Waals surface area contributed by atoms with Crippen LogP contribution in [-0.2, 0) is 10.9 Å². The van der Waals surface area contributed by atoms with E-state index in [1.54, 1.807) is 0 Å². The fourth-order valence-electron chi connectivity index (χ4n) is 2.29. The summed E-state index contributed by atoms with van der Waals surface area (Å²) in [6, 6.07) is 6.77. The monoisotopic (exact) mass is 380 g/mol. The van der Waals surface area contributed by atoms with Gasteiger partial charge in [-0.25, -0.2) is 4.79 Å². The van der Waals surface area contributed by atoms with E-state index in [4.69, 9.17) is 4.74 Å². The molecule has 0 spiro atoms. The van der Waals surface area contributed by atoms with Crippen molar-refractivity contribution in [2.24, 2.45) is 0 Å². The van der Waals surface area contributed by atoms with Crippen LogP contribution in [0.1, 0.15) is 31.8 Å². The number of halogens is 3. The van der Waals surface area contributed by atoms with Crippen molar-refractivity contribution < 1.29 is 37.3 Å². The minimum absolute atomic E-state index is 0.0359. The highest BCUT2D eigenvalue weighted by molar-refractivity contribution is 6.08. The van der Waals surface area contributed by atoms with Gasteiger partial charge in [0.15, 0.2) is 5.78 Å². The number of esters is 1. The van der Waals surface area contributed by atoms with Crippen molar-refractivity contribution in [1.82, 2.24) is 0 Å². The Bertz CT molecular complexity index is 901. The van der Waals surface area contributed by atoms with Gasteiger partial charge in [0.1, 0.15) is 11.5 Å². The van der Waals surface area contributed by atoms with E-state index in [-0.39, 0.29) is 22.6 Å². The lowest BCUT2D eigenvalue weighted by Crippen LogP contribution is -2.12. The van der Waals surface area contributed by atoms with Crippen LogP contribution in [0.2, 0.25) is 0 Å². The summed E-state index contributed by atoms with van der Waals surface area (Å²) in [4.78, 5) is 23.8. The molecule has 0 fully saturated rings. The zero-order valence-electron chi connectivity index (χ0n) is 14.3. The molecule has 1 N–H and O–H groups in total. The standard InChI is InChI=1S/C19H15F3O5/c1-26-13-5-6-14(15(10-13)19(20,21)22)17(24)8-3-11-9-12(18(25)27-2)4-7-16(11)23/h3-10,23H,1-2H3. The summed E-state index contributed by atoms with van der Waals surface area (Å²) in [6.45, 7) is 0. The maximum absolute atomic E-state index is 13.2. The average molecular weight is 380 g/mol. The number of alkyl halides is 3. The predicted molar refractivity (Wildman–Crippen MR) is 90.8 cm³/mol. The van der Waals surface area contributed by atoms with Gasteiger partial charge in [0, 0.05) is 11.1 Å². The van der Waals surface area contributed by atoms with Crippen molar-refractivity contribution in [3.63, 3.8) is 0 Å². The third-order valence-electron chi connectivity index (χ3n) is 3.66. The summed E-state index contributed by atoms with van der Waals surface area (Å²) in [7, 11) is 2.39. The van der Waals surface area contributed by atoms with Crippen LogP contribution < -0.4 is 4.74 Å². The van der Waals surface area contributed by atoms with Gasteiger partial charge in [0.2, 0.25) is 0 Å². The quantitative estimate of drug-likeness (QED) is 0.480. The number of hydrogen-bond donors (Lipinski definition) is 1. The van der Waals surface area contributed by atoms with Crippen LogP contribution in [0.25, 0.3) is 6.08 Å². The van der Waals surface area contributed by atoms with Crippen LogP contribution in [0.15, 0.2) is 42.5 Å². The maximum Gasteiger partial charge on any atom is 0.417 e. The van der Waals surface area contributed by atoms with E-state index in [0.717, 1.165) is 24.3 Å². The van der Waals surface area contributed by atoms with Gasteiger partial charge in [-0.05, 0) is 48.6 Å². The van der Waals surface area contributed by atoms with Crippen LogP contribution in [0, 0.1) is 0 Å². The molecular formula is C19H15F3O5. The van der Waals surface area contributed by atoms with Crippen LogP contribution in [-0.4, -0.2) is 31.1 Å². The first-order chi connectivity index (χ1) is 12.7. The van der Waals surface area contributed by atoms with Crippen molar-refractivity contribution in [1.29, 1.82) is 0 Å². The average Bonchev–Trinajstić information content (AvgIpc) is 2.65. The third-order valence-corrected chi connectivity index (χ3v) is 3.66. The first kappa shape index (κ1) is 20.0. The van der Waals surface area contributed by atoms with E-state index in [9.17, 15) is 27.9 Å². The molecule has 0 aliphatic heterocycles. The Morgan fingerprint density at radius 2 is 1.78 bits per heavy atom. The highest BCUT2D eigenvalue weighted by Crippen LogP contribution is 2.35. The molecular weight excluding hydrogens is 365 g/mol. The molecule has 0 unspecified atom stereocenters. The third kappa shape index (κ3) is 4.66. The summed E-state index contributed by atoms with van der Waals surface area (Å²) < 4.78 is 49.0. The lowest BCUT2D eigenvalue weighted by atomic mass is 10.0. The van der Waals surface area contributed by atoms with Gasteiger partial charge < -0.3 is 14.6 Å². The summed E-state index contributed by atoms with van der Waals surface area (Å²) in [5, 5.41) is 9.81. The molecule has 27 heavy (non-hydrogen) atoms. The molecule has 8 heteroatoms. The number of rotatable bonds is 5. The Labute approximate surface area is 152 Å². The number of allylic oxidation sites excluding steroid dienone is 1. The largest absolute Gasteiger partial charge is 0.507 e. The Kier molecular flexibility index (Phi) is 5.89. The highest BCUT2D eigenvalue weighted by Gasteiger charge is 2.35. The molecule has 0 heterocycles. The van der Waals surface area contributed by atoms with Crippen molar-refractivity contribution >= 4 is 17.8 Å². The topological polar surface area (TPSA) is 72.8 Å². The zero-order chi connectivity index (χ0) is 20.2. The SMILES string of the molecule is COC(=O)c1ccc(O)c(C=CC(=O)c2ccc(OC)cc2C(F)(F)F)c1. The summed E-state index contributed by atoms with van der Waals surface area (Å²) >= 11 is 0. The Morgan fingerprint density at radius 1 is 1.07 bits per heavy atom. The maximum atomic E-state index is 13.2. The minimum Gasteiger partial charge on any atom is -0.507 e. The predicted octanol–water partition coefficient (Wildman–Crippen LogP) is 4.10. The Hall–Kier alpha value is -3.29. The molecule has 0 saturated carbocycles. The summed E-state index contributed by atoms with van der Waals surface area (Å²) in [5.41, 5.74) is -1.51. The van der Waals surface area contributed by atoms with Crippen LogP contribution in [0.4, 0.5) is 13.2 Å². The number of carbonyl (C=O) groups is 2. The zero-order valence-corrected chi connectivity index (χ0v) is 14.3. The molecule has 0 amide bonds. The molecule has 0 aliphatic carbocycles. The van der Waals surface area contributed by atoms with Gasteiger partial charge in [-0.2, -0.15) is 13.2 Å². The molecule has 2 rings (SSSR count). The second-order valence-corrected chi connectivity index (χ2v) is 5.37. The first-order valence-electron chi connectivity index (χ1n) is 7.56. The fourth-order valence-corrected chi connectivity index (χ4v) is 2.29. The van der Waals surface area contributed by atoms with Gasteiger partial charge in [-0.15, -0.1) is 0 Å². The van der Waals surface area contributed by atoms with E-state index in [1.165, 1.54) is 38.5 Å². The van der Waals surface area contributed by atoms with Crippen molar-refractivity contribution in [2.75, 3.05) is 14.2 Å². The van der Waals surface area contributed by atoms with Crippen LogP contribution in [0.3, 0.4) is 0 Å². The Balaban J connectivity index is 2.39. The number of phenols is 1. The van der Waals surface area contributed by atoms with Crippen molar-refractivity contribution in [3.05, 3.63) is 64.7 Å². The molecule has 142 valence electrons. The second-order valence-electron chi connectivity index (χ2n) is 5.37. The van der Waals surface area contributed by atoms with Crippen LogP contribution >= 0.6 is 0 Å². The van der Waals surface area contributed by atoms with Gasteiger partial charge in [0.25, 0.3) is 0 Å². The molecule has 0 aliphatic rings. The molecule has 0 radical (unpaired) electrons. The van der Waals surface area contributed by atoms with Gasteiger partial charge in [0.05, 0.1) is 25.3 Å². The van der Waals surface area contributed by atoms with Crippen molar-refractivity contribution in [3.8, 4) is 11.5 Å². The van der Waals surface area contributed by atoms with E-state index >= 15 is 0 Å². The van der Waals surface area contributed by atoms with Gasteiger partial charge in [-0.1, -0.05) is 0 Å². The number of methoxy groups -OCH3 is 2. The van der Waals surface area contributed by atoms with Gasteiger partial charge >= 0.3 is 12.1 Å². The summed E-state index contributed by atoms with van der Waals surface area (Å²) in [6.07, 6.45) is -2.75. The van der Waals surface area contributed by atoms with Gasteiger partial charge in [-0.3, -0.25) is 4.79 Å². The first-order valence-corrected chi connectivity index (χ1v) is 7.56. The number of ketones is 1. The minimum atomic E-state index is -4.75.